The highest BCUT2D eigenvalue weighted by atomic mass is 32.2. The molecular weight excluding hydrogens is 184 g/mol. The van der Waals surface area contributed by atoms with Crippen LogP contribution < -0.4 is 11.1 Å². The van der Waals surface area contributed by atoms with Crippen molar-refractivity contribution in [2.45, 2.75) is 26.8 Å². The van der Waals surface area contributed by atoms with Crippen molar-refractivity contribution >= 4 is 17.7 Å². The molecule has 3 N–H and O–H groups in total. The monoisotopic (exact) mass is 204 g/mol. The molecule has 0 rings (SSSR count). The van der Waals surface area contributed by atoms with Gasteiger partial charge in [0, 0.05) is 18.3 Å². The molecule has 0 bridgehead atoms. The fraction of sp³-hybridized carbons (Fsp3) is 0.889. The molecule has 0 spiro atoms. The number of hydrogen-bond acceptors (Lipinski definition) is 3. The normalized spacial score (nSPS) is 13.0. The Kier molecular flexibility index (Phi) is 7.09. The molecule has 0 aliphatic rings. The molecule has 0 aromatic rings. The van der Waals surface area contributed by atoms with Crippen molar-refractivity contribution in [3.05, 3.63) is 0 Å². The minimum atomic E-state index is 0.111. The number of thioether (sulfide) groups is 1. The second-order valence-corrected chi connectivity index (χ2v) is 4.55. The third kappa shape index (κ3) is 6.90. The van der Waals surface area contributed by atoms with Gasteiger partial charge in [-0.3, -0.25) is 4.79 Å². The highest BCUT2D eigenvalue weighted by molar-refractivity contribution is 7.99. The van der Waals surface area contributed by atoms with Gasteiger partial charge in [0.1, 0.15) is 0 Å². The lowest BCUT2D eigenvalue weighted by Crippen LogP contribution is -2.37. The molecule has 1 amide bonds. The van der Waals surface area contributed by atoms with E-state index in [2.05, 4.69) is 19.2 Å². The topological polar surface area (TPSA) is 55.1 Å². The van der Waals surface area contributed by atoms with Gasteiger partial charge in [0.2, 0.25) is 5.91 Å². The Hall–Kier alpha value is -0.220. The van der Waals surface area contributed by atoms with E-state index in [1.165, 1.54) is 0 Å². The Bertz CT molecular complexity index is 151. The van der Waals surface area contributed by atoms with E-state index in [0.717, 1.165) is 5.75 Å². The summed E-state index contributed by atoms with van der Waals surface area (Å²) in [4.78, 5) is 11.3. The summed E-state index contributed by atoms with van der Waals surface area (Å²) >= 11 is 1.58. The molecule has 0 aliphatic heterocycles. The van der Waals surface area contributed by atoms with Crippen LogP contribution in [0.2, 0.25) is 0 Å². The molecule has 0 heterocycles. The fourth-order valence-electron chi connectivity index (χ4n) is 0.710. The summed E-state index contributed by atoms with van der Waals surface area (Å²) in [5.41, 5.74) is 5.31. The van der Waals surface area contributed by atoms with Gasteiger partial charge in [-0.15, -0.1) is 0 Å². The standard InChI is InChI=1S/C9H20N2OS/c1-7(2)8(3)11-9(12)6-13-5-4-10/h7-8H,4-6,10H2,1-3H3,(H,11,12). The van der Waals surface area contributed by atoms with E-state index in [1.807, 2.05) is 6.92 Å². The summed E-state index contributed by atoms with van der Waals surface area (Å²) < 4.78 is 0. The molecule has 0 aromatic carbocycles. The van der Waals surface area contributed by atoms with Crippen molar-refractivity contribution in [3.63, 3.8) is 0 Å². The van der Waals surface area contributed by atoms with Gasteiger partial charge in [-0.25, -0.2) is 0 Å². The SMILES string of the molecule is CC(C)C(C)NC(=O)CSCCN. The van der Waals surface area contributed by atoms with Crippen LogP contribution in [0.1, 0.15) is 20.8 Å². The summed E-state index contributed by atoms with van der Waals surface area (Å²) in [6.45, 7) is 6.85. The maximum absolute atomic E-state index is 11.3. The number of hydrogen-bond donors (Lipinski definition) is 2. The minimum Gasteiger partial charge on any atom is -0.353 e. The van der Waals surface area contributed by atoms with Crippen LogP contribution in [0, 0.1) is 5.92 Å². The van der Waals surface area contributed by atoms with Crippen molar-refractivity contribution < 1.29 is 4.79 Å². The predicted molar refractivity (Wildman–Crippen MR) is 58.8 cm³/mol. The minimum absolute atomic E-state index is 0.111. The molecule has 0 saturated carbocycles. The molecule has 1 atom stereocenters. The van der Waals surface area contributed by atoms with E-state index in [4.69, 9.17) is 5.73 Å². The third-order valence-corrected chi connectivity index (χ3v) is 2.87. The number of nitrogens with one attached hydrogen (secondary N) is 1. The maximum atomic E-state index is 11.3. The van der Waals surface area contributed by atoms with Gasteiger partial charge in [0.15, 0.2) is 0 Å². The Morgan fingerprint density at radius 2 is 2.08 bits per heavy atom. The van der Waals surface area contributed by atoms with Crippen LogP contribution in [0.25, 0.3) is 0 Å². The van der Waals surface area contributed by atoms with Crippen LogP contribution in [-0.4, -0.2) is 30.0 Å². The van der Waals surface area contributed by atoms with Crippen LogP contribution in [-0.2, 0) is 4.79 Å². The molecule has 0 aliphatic carbocycles. The first-order valence-corrected chi connectivity index (χ1v) is 5.80. The smallest absolute Gasteiger partial charge is 0.230 e. The quantitative estimate of drug-likeness (QED) is 0.630. The highest BCUT2D eigenvalue weighted by Crippen LogP contribution is 2.01. The average Bonchev–Trinajstić information content (AvgIpc) is 2.04. The van der Waals surface area contributed by atoms with Crippen LogP contribution in [0.5, 0.6) is 0 Å². The van der Waals surface area contributed by atoms with Crippen molar-refractivity contribution in [1.82, 2.24) is 5.32 Å². The van der Waals surface area contributed by atoms with Crippen LogP contribution in [0.15, 0.2) is 0 Å². The summed E-state index contributed by atoms with van der Waals surface area (Å²) in [5.74, 6) is 1.97. The predicted octanol–water partition coefficient (Wildman–Crippen LogP) is 0.839. The average molecular weight is 204 g/mol. The molecule has 0 radical (unpaired) electrons. The second kappa shape index (κ2) is 7.21. The third-order valence-electron chi connectivity index (χ3n) is 1.88. The van der Waals surface area contributed by atoms with Crippen molar-refractivity contribution in [3.8, 4) is 0 Å². The van der Waals surface area contributed by atoms with Gasteiger partial charge >= 0.3 is 0 Å². The molecule has 1 unspecified atom stereocenters. The molecule has 0 saturated heterocycles. The summed E-state index contributed by atoms with van der Waals surface area (Å²) in [6.07, 6.45) is 0. The number of amides is 1. The van der Waals surface area contributed by atoms with Crippen molar-refractivity contribution in [2.24, 2.45) is 11.7 Å². The van der Waals surface area contributed by atoms with E-state index in [-0.39, 0.29) is 11.9 Å². The molecule has 0 aromatic heterocycles. The van der Waals surface area contributed by atoms with E-state index in [1.54, 1.807) is 11.8 Å². The lowest BCUT2D eigenvalue weighted by Gasteiger charge is -2.17. The second-order valence-electron chi connectivity index (χ2n) is 3.44. The van der Waals surface area contributed by atoms with Gasteiger partial charge in [-0.1, -0.05) is 13.8 Å². The Labute approximate surface area is 84.8 Å². The van der Waals surface area contributed by atoms with E-state index in [0.29, 0.717) is 18.2 Å². The summed E-state index contributed by atoms with van der Waals surface area (Å²) in [6, 6.07) is 0.256. The van der Waals surface area contributed by atoms with E-state index < -0.39 is 0 Å². The molecule has 3 nitrogen and oxygen atoms in total. The summed E-state index contributed by atoms with van der Waals surface area (Å²) in [5, 5.41) is 2.94. The number of rotatable bonds is 6. The van der Waals surface area contributed by atoms with E-state index >= 15 is 0 Å². The van der Waals surface area contributed by atoms with Crippen molar-refractivity contribution in [2.75, 3.05) is 18.1 Å². The number of carbonyl (C=O) groups excluding carboxylic acids is 1. The largest absolute Gasteiger partial charge is 0.353 e. The zero-order valence-electron chi connectivity index (χ0n) is 8.67. The number of carbonyl (C=O) groups is 1. The van der Waals surface area contributed by atoms with Gasteiger partial charge in [-0.2, -0.15) is 11.8 Å². The molecular formula is C9H20N2OS. The van der Waals surface area contributed by atoms with Gasteiger partial charge < -0.3 is 11.1 Å². The van der Waals surface area contributed by atoms with Crippen molar-refractivity contribution in [1.29, 1.82) is 0 Å². The Morgan fingerprint density at radius 1 is 1.46 bits per heavy atom. The lowest BCUT2D eigenvalue weighted by atomic mass is 10.1. The van der Waals surface area contributed by atoms with Gasteiger partial charge in [0.25, 0.3) is 0 Å². The number of nitrogens with two attached hydrogens (primary N) is 1. The molecule has 0 fully saturated rings. The molecule has 13 heavy (non-hydrogen) atoms. The zero-order valence-corrected chi connectivity index (χ0v) is 9.49. The lowest BCUT2D eigenvalue weighted by molar-refractivity contribution is -0.119. The fourth-order valence-corrected chi connectivity index (χ4v) is 1.29. The van der Waals surface area contributed by atoms with E-state index in [9.17, 15) is 4.79 Å². The molecule has 78 valence electrons. The Morgan fingerprint density at radius 3 is 2.54 bits per heavy atom. The first-order chi connectivity index (χ1) is 6.07. The van der Waals surface area contributed by atoms with Crippen LogP contribution in [0.4, 0.5) is 0 Å². The summed E-state index contributed by atoms with van der Waals surface area (Å²) in [7, 11) is 0. The van der Waals surface area contributed by atoms with Crippen LogP contribution in [0.3, 0.4) is 0 Å². The Balaban J connectivity index is 3.50. The van der Waals surface area contributed by atoms with Gasteiger partial charge in [-0.05, 0) is 12.8 Å². The molecule has 4 heteroatoms. The zero-order chi connectivity index (χ0) is 10.3. The highest BCUT2D eigenvalue weighted by Gasteiger charge is 2.09. The first kappa shape index (κ1) is 12.8. The first-order valence-electron chi connectivity index (χ1n) is 4.65. The maximum Gasteiger partial charge on any atom is 0.230 e. The van der Waals surface area contributed by atoms with Crippen LogP contribution >= 0.6 is 11.8 Å². The van der Waals surface area contributed by atoms with Gasteiger partial charge in [0.05, 0.1) is 5.75 Å².